The SMILES string of the molecule is NC(=O)Cn1ccnc1[C@H]1CCCN(C(=O)Cc2ccc(O)c(F)c2)C1. The number of halogens is 1. The van der Waals surface area contributed by atoms with Crippen LogP contribution in [0.5, 0.6) is 5.75 Å². The predicted octanol–water partition coefficient (Wildman–Crippen LogP) is 1.16. The van der Waals surface area contributed by atoms with E-state index in [0.717, 1.165) is 18.7 Å². The fourth-order valence-corrected chi connectivity index (χ4v) is 3.34. The number of rotatable bonds is 5. The average molecular weight is 360 g/mol. The summed E-state index contributed by atoms with van der Waals surface area (Å²) in [5, 5.41) is 9.24. The Balaban J connectivity index is 1.68. The number of primary amides is 1. The minimum absolute atomic E-state index is 0.0265. The highest BCUT2D eigenvalue weighted by Crippen LogP contribution is 2.26. The van der Waals surface area contributed by atoms with Gasteiger partial charge in [0.2, 0.25) is 11.8 Å². The molecule has 1 aromatic heterocycles. The van der Waals surface area contributed by atoms with Crippen molar-refractivity contribution in [1.29, 1.82) is 0 Å². The summed E-state index contributed by atoms with van der Waals surface area (Å²) >= 11 is 0. The number of piperidine rings is 1. The van der Waals surface area contributed by atoms with Crippen LogP contribution in [-0.4, -0.2) is 44.5 Å². The van der Waals surface area contributed by atoms with E-state index in [1.807, 2.05) is 0 Å². The van der Waals surface area contributed by atoms with Gasteiger partial charge in [0, 0.05) is 31.4 Å². The Morgan fingerprint density at radius 1 is 1.38 bits per heavy atom. The van der Waals surface area contributed by atoms with Crippen LogP contribution in [0.2, 0.25) is 0 Å². The summed E-state index contributed by atoms with van der Waals surface area (Å²) in [5.41, 5.74) is 5.78. The molecular formula is C18H21FN4O3. The second-order valence-electron chi connectivity index (χ2n) is 6.52. The van der Waals surface area contributed by atoms with Crippen LogP contribution in [-0.2, 0) is 22.6 Å². The van der Waals surface area contributed by atoms with E-state index in [9.17, 15) is 19.1 Å². The minimum atomic E-state index is -0.736. The molecule has 0 saturated carbocycles. The molecule has 1 aromatic carbocycles. The molecule has 7 nitrogen and oxygen atoms in total. The number of nitrogens with two attached hydrogens (primary N) is 1. The number of carbonyl (C=O) groups is 2. The van der Waals surface area contributed by atoms with E-state index in [1.54, 1.807) is 21.9 Å². The van der Waals surface area contributed by atoms with Gasteiger partial charge in [-0.2, -0.15) is 0 Å². The van der Waals surface area contributed by atoms with Gasteiger partial charge in [0.25, 0.3) is 0 Å². The molecule has 0 spiro atoms. The highest BCUT2D eigenvalue weighted by atomic mass is 19.1. The Hall–Kier alpha value is -2.90. The highest BCUT2D eigenvalue weighted by molar-refractivity contribution is 5.79. The summed E-state index contributed by atoms with van der Waals surface area (Å²) in [6, 6.07) is 3.96. The molecule has 2 heterocycles. The number of carbonyl (C=O) groups excluding carboxylic acids is 2. The fourth-order valence-electron chi connectivity index (χ4n) is 3.34. The summed E-state index contributed by atoms with van der Waals surface area (Å²) < 4.78 is 15.2. The number of benzene rings is 1. The minimum Gasteiger partial charge on any atom is -0.505 e. The van der Waals surface area contributed by atoms with Crippen molar-refractivity contribution in [3.05, 3.63) is 47.8 Å². The zero-order valence-corrected chi connectivity index (χ0v) is 14.3. The van der Waals surface area contributed by atoms with E-state index in [4.69, 9.17) is 5.73 Å². The maximum absolute atomic E-state index is 13.4. The van der Waals surface area contributed by atoms with Crippen LogP contribution in [0, 0.1) is 5.82 Å². The summed E-state index contributed by atoms with van der Waals surface area (Å²) in [4.78, 5) is 29.8. The number of likely N-dealkylation sites (tertiary alicyclic amines) is 1. The summed E-state index contributed by atoms with van der Waals surface area (Å²) in [5.74, 6) is -0.938. The Morgan fingerprint density at radius 3 is 2.92 bits per heavy atom. The number of imidazole rings is 1. The molecule has 3 rings (SSSR count). The van der Waals surface area contributed by atoms with Crippen LogP contribution in [0.1, 0.15) is 30.1 Å². The van der Waals surface area contributed by atoms with Crippen molar-refractivity contribution in [2.45, 2.75) is 31.7 Å². The Labute approximate surface area is 150 Å². The molecule has 2 aromatic rings. The summed E-state index contributed by atoms with van der Waals surface area (Å²) in [6.45, 7) is 1.19. The molecule has 1 atom stereocenters. The fraction of sp³-hybridized carbons (Fsp3) is 0.389. The van der Waals surface area contributed by atoms with Crippen LogP contribution < -0.4 is 5.73 Å². The lowest BCUT2D eigenvalue weighted by molar-refractivity contribution is -0.131. The molecule has 1 fully saturated rings. The van der Waals surface area contributed by atoms with Gasteiger partial charge in [0.1, 0.15) is 12.4 Å². The first-order chi connectivity index (χ1) is 12.4. The number of aromatic nitrogens is 2. The molecule has 26 heavy (non-hydrogen) atoms. The Bertz CT molecular complexity index is 821. The van der Waals surface area contributed by atoms with Gasteiger partial charge in [-0.15, -0.1) is 0 Å². The molecule has 0 unspecified atom stereocenters. The van der Waals surface area contributed by atoms with Gasteiger partial charge in [-0.05, 0) is 30.5 Å². The topological polar surface area (TPSA) is 101 Å². The Kier molecular flexibility index (Phi) is 5.20. The number of phenols is 1. The third kappa shape index (κ3) is 4.01. The standard InChI is InChI=1S/C18H21FN4O3/c19-14-8-12(3-4-15(14)24)9-17(26)22-6-1-2-13(10-22)18-21-5-7-23(18)11-16(20)25/h3-5,7-8,13,24H,1-2,6,9-11H2,(H2,20,25)/t13-/m0/s1. The molecule has 1 aliphatic heterocycles. The first-order valence-corrected chi connectivity index (χ1v) is 8.48. The first kappa shape index (κ1) is 17.9. The van der Waals surface area contributed by atoms with E-state index >= 15 is 0 Å². The van der Waals surface area contributed by atoms with Crippen molar-refractivity contribution in [3.8, 4) is 5.75 Å². The van der Waals surface area contributed by atoms with Crippen molar-refractivity contribution in [2.75, 3.05) is 13.1 Å². The molecule has 0 aliphatic carbocycles. The van der Waals surface area contributed by atoms with Gasteiger partial charge < -0.3 is 20.3 Å². The molecule has 0 radical (unpaired) electrons. The number of amides is 2. The summed E-state index contributed by atoms with van der Waals surface area (Å²) in [7, 11) is 0. The quantitative estimate of drug-likeness (QED) is 0.835. The third-order valence-corrected chi connectivity index (χ3v) is 4.58. The van der Waals surface area contributed by atoms with Crippen molar-refractivity contribution in [1.82, 2.24) is 14.5 Å². The second kappa shape index (κ2) is 7.55. The van der Waals surface area contributed by atoms with Gasteiger partial charge >= 0.3 is 0 Å². The number of phenolic OH excluding ortho intramolecular Hbond substituents is 1. The third-order valence-electron chi connectivity index (χ3n) is 4.58. The molecule has 1 saturated heterocycles. The maximum atomic E-state index is 13.4. The van der Waals surface area contributed by atoms with Gasteiger partial charge in [0.05, 0.1) is 6.42 Å². The van der Waals surface area contributed by atoms with E-state index in [0.29, 0.717) is 18.7 Å². The smallest absolute Gasteiger partial charge is 0.237 e. The first-order valence-electron chi connectivity index (χ1n) is 8.48. The lowest BCUT2D eigenvalue weighted by atomic mass is 9.96. The Morgan fingerprint density at radius 2 is 2.19 bits per heavy atom. The zero-order valence-electron chi connectivity index (χ0n) is 14.3. The molecule has 8 heteroatoms. The number of hydrogen-bond donors (Lipinski definition) is 2. The van der Waals surface area contributed by atoms with Gasteiger partial charge in [-0.3, -0.25) is 9.59 Å². The van der Waals surface area contributed by atoms with Crippen LogP contribution in [0.15, 0.2) is 30.6 Å². The van der Waals surface area contributed by atoms with Crippen LogP contribution in [0.4, 0.5) is 4.39 Å². The average Bonchev–Trinajstić information content (AvgIpc) is 3.05. The van der Waals surface area contributed by atoms with Gasteiger partial charge in [-0.1, -0.05) is 6.07 Å². The van der Waals surface area contributed by atoms with Crippen LogP contribution in [0.25, 0.3) is 0 Å². The van der Waals surface area contributed by atoms with E-state index in [-0.39, 0.29) is 24.8 Å². The normalized spacial score (nSPS) is 17.3. The lowest BCUT2D eigenvalue weighted by Gasteiger charge is -2.32. The van der Waals surface area contributed by atoms with Gasteiger partial charge in [0.15, 0.2) is 11.6 Å². The summed E-state index contributed by atoms with van der Waals surface area (Å²) in [6.07, 6.45) is 5.09. The highest BCUT2D eigenvalue weighted by Gasteiger charge is 2.27. The molecular weight excluding hydrogens is 339 g/mol. The molecule has 1 aliphatic rings. The van der Waals surface area contributed by atoms with E-state index < -0.39 is 17.5 Å². The molecule has 3 N–H and O–H groups in total. The molecule has 138 valence electrons. The number of aromatic hydroxyl groups is 1. The van der Waals surface area contributed by atoms with Crippen molar-refractivity contribution >= 4 is 11.8 Å². The second-order valence-corrected chi connectivity index (χ2v) is 6.52. The zero-order chi connectivity index (χ0) is 18.7. The van der Waals surface area contributed by atoms with Crippen LogP contribution >= 0.6 is 0 Å². The van der Waals surface area contributed by atoms with Gasteiger partial charge in [-0.25, -0.2) is 9.37 Å². The van der Waals surface area contributed by atoms with Crippen molar-refractivity contribution < 1.29 is 19.1 Å². The van der Waals surface area contributed by atoms with Crippen molar-refractivity contribution in [3.63, 3.8) is 0 Å². The largest absolute Gasteiger partial charge is 0.505 e. The lowest BCUT2D eigenvalue weighted by Crippen LogP contribution is -2.40. The van der Waals surface area contributed by atoms with Crippen molar-refractivity contribution in [2.24, 2.45) is 5.73 Å². The van der Waals surface area contributed by atoms with E-state index in [2.05, 4.69) is 4.98 Å². The predicted molar refractivity (Wildman–Crippen MR) is 91.7 cm³/mol. The number of nitrogens with zero attached hydrogens (tertiary/aromatic N) is 3. The van der Waals surface area contributed by atoms with E-state index in [1.165, 1.54) is 18.2 Å². The van der Waals surface area contributed by atoms with Crippen LogP contribution in [0.3, 0.4) is 0 Å². The molecule has 2 amide bonds. The molecule has 0 bridgehead atoms. The number of hydrogen-bond acceptors (Lipinski definition) is 4. The maximum Gasteiger partial charge on any atom is 0.237 e. The monoisotopic (exact) mass is 360 g/mol.